The fraction of sp³-hybridized carbons (Fsp3) is 0.561. The molecule has 6 N–H and O–H groups in total. The zero-order valence-corrected chi connectivity index (χ0v) is 32.8. The number of nitrogens with one attached hydrogen (secondary N) is 5. The largest absolute Gasteiger partial charge is 0.480 e. The Morgan fingerprint density at radius 2 is 1.58 bits per heavy atom. The molecule has 1 aliphatic heterocycles. The first-order chi connectivity index (χ1) is 26.2. The SMILES string of the molecule is CCCCc1ccc(-c2ccc(C(=O)N[C@@H](CCCCNC(=O)OC(C)(C)C)C(=O)N[C@H]3COCCCCC[C@@H](C(=O)O)NC(=O)[C@H](C)NC3=O)cc2)cc1. The minimum absolute atomic E-state index is 0.181. The van der Waals surface area contributed by atoms with Gasteiger partial charge in [0.2, 0.25) is 17.7 Å². The Labute approximate surface area is 324 Å². The maximum Gasteiger partial charge on any atom is 0.407 e. The van der Waals surface area contributed by atoms with Crippen LogP contribution in [0.3, 0.4) is 0 Å². The average Bonchev–Trinajstić information content (AvgIpc) is 3.13. The van der Waals surface area contributed by atoms with Gasteiger partial charge in [-0.3, -0.25) is 19.2 Å². The van der Waals surface area contributed by atoms with Gasteiger partial charge in [0.1, 0.15) is 29.8 Å². The molecule has 1 fully saturated rings. The van der Waals surface area contributed by atoms with Gasteiger partial charge < -0.3 is 41.2 Å². The number of alkyl carbamates (subject to hydrolysis) is 1. The quantitative estimate of drug-likeness (QED) is 0.148. The highest BCUT2D eigenvalue weighted by Gasteiger charge is 2.30. The van der Waals surface area contributed by atoms with E-state index in [1.807, 2.05) is 12.1 Å². The summed E-state index contributed by atoms with van der Waals surface area (Å²) in [5.74, 6) is -3.68. The lowest BCUT2D eigenvalue weighted by Gasteiger charge is -2.25. The molecular weight excluding hydrogens is 706 g/mol. The van der Waals surface area contributed by atoms with Gasteiger partial charge in [-0.25, -0.2) is 9.59 Å². The summed E-state index contributed by atoms with van der Waals surface area (Å²) >= 11 is 0. The molecule has 1 aliphatic rings. The minimum atomic E-state index is -1.22. The van der Waals surface area contributed by atoms with Gasteiger partial charge in [0, 0.05) is 18.7 Å². The maximum absolute atomic E-state index is 13.8. The summed E-state index contributed by atoms with van der Waals surface area (Å²) in [5, 5.41) is 22.8. The molecule has 5 amide bonds. The third kappa shape index (κ3) is 16.1. The van der Waals surface area contributed by atoms with Crippen molar-refractivity contribution in [2.75, 3.05) is 19.8 Å². The van der Waals surface area contributed by atoms with Crippen LogP contribution in [0.5, 0.6) is 0 Å². The van der Waals surface area contributed by atoms with E-state index >= 15 is 0 Å². The highest BCUT2D eigenvalue weighted by molar-refractivity contribution is 5.99. The predicted molar refractivity (Wildman–Crippen MR) is 208 cm³/mol. The van der Waals surface area contributed by atoms with Crippen molar-refractivity contribution >= 4 is 35.7 Å². The van der Waals surface area contributed by atoms with Crippen molar-refractivity contribution in [2.45, 2.75) is 129 Å². The Hall–Kier alpha value is -4.98. The number of ether oxygens (including phenoxy) is 2. The summed E-state index contributed by atoms with van der Waals surface area (Å²) < 4.78 is 11.0. The zero-order valence-electron chi connectivity index (χ0n) is 32.8. The highest BCUT2D eigenvalue weighted by atomic mass is 16.6. The van der Waals surface area contributed by atoms with Crippen LogP contribution in [-0.2, 0) is 35.1 Å². The molecule has 0 bridgehead atoms. The standard InChI is InChI=1S/C41H59N5O9/c1-6-7-13-28-16-18-29(19-17-28)30-20-22-31(23-21-30)36(48)44-32(14-10-11-24-42-40(53)55-41(3,4)5)37(49)46-34-26-54-25-12-8-9-15-33(39(51)52)45-35(47)27(2)43-38(34)50/h16-23,27,32-34H,6-15,24-26H2,1-5H3,(H,42,53)(H,43,50)(H,44,48)(H,45,47)(H,46,49)(H,51,52)/t27-,32-,33-,34-/m0/s1. The van der Waals surface area contributed by atoms with E-state index in [1.54, 1.807) is 32.9 Å². The number of carboxylic acids is 1. The molecule has 55 heavy (non-hydrogen) atoms. The summed E-state index contributed by atoms with van der Waals surface area (Å²) in [6, 6.07) is 10.9. The Morgan fingerprint density at radius 3 is 2.22 bits per heavy atom. The molecule has 14 nitrogen and oxygen atoms in total. The van der Waals surface area contributed by atoms with Crippen LogP contribution in [0.1, 0.15) is 108 Å². The van der Waals surface area contributed by atoms with Crippen LogP contribution in [0.4, 0.5) is 4.79 Å². The number of hydrogen-bond donors (Lipinski definition) is 6. The van der Waals surface area contributed by atoms with Crippen LogP contribution in [0, 0.1) is 0 Å². The number of benzene rings is 2. The maximum atomic E-state index is 13.8. The van der Waals surface area contributed by atoms with Crippen LogP contribution in [0.25, 0.3) is 11.1 Å². The lowest BCUT2D eigenvalue weighted by atomic mass is 10.0. The number of carbonyl (C=O) groups excluding carboxylic acids is 5. The Balaban J connectivity index is 1.73. The van der Waals surface area contributed by atoms with Gasteiger partial charge in [-0.05, 0) is 101 Å². The van der Waals surface area contributed by atoms with Crippen LogP contribution in [0.15, 0.2) is 48.5 Å². The number of carbonyl (C=O) groups is 6. The van der Waals surface area contributed by atoms with E-state index < -0.39 is 65.5 Å². The van der Waals surface area contributed by atoms with E-state index in [-0.39, 0.29) is 32.6 Å². The van der Waals surface area contributed by atoms with Gasteiger partial charge in [0.05, 0.1) is 6.61 Å². The average molecular weight is 766 g/mol. The van der Waals surface area contributed by atoms with Crippen LogP contribution in [0.2, 0.25) is 0 Å². The Morgan fingerprint density at radius 1 is 0.909 bits per heavy atom. The predicted octanol–water partition coefficient (Wildman–Crippen LogP) is 4.64. The second kappa shape index (κ2) is 22.4. The van der Waals surface area contributed by atoms with Crippen molar-refractivity contribution < 1.29 is 43.3 Å². The molecule has 0 aromatic heterocycles. The van der Waals surface area contributed by atoms with Crippen molar-refractivity contribution in [3.05, 3.63) is 59.7 Å². The number of unbranched alkanes of at least 4 members (excludes halogenated alkanes) is 2. The molecule has 0 unspecified atom stereocenters. The normalized spacial score (nSPS) is 19.1. The fourth-order valence-electron chi connectivity index (χ4n) is 5.87. The first-order valence-corrected chi connectivity index (χ1v) is 19.4. The number of amides is 5. The van der Waals surface area contributed by atoms with E-state index in [0.717, 1.165) is 30.4 Å². The molecule has 3 rings (SSSR count). The van der Waals surface area contributed by atoms with E-state index in [9.17, 15) is 33.9 Å². The monoisotopic (exact) mass is 765 g/mol. The Bertz CT molecular complexity index is 1570. The molecule has 1 saturated heterocycles. The molecule has 2 aromatic rings. The number of rotatable bonds is 14. The molecule has 0 saturated carbocycles. The molecule has 0 aliphatic carbocycles. The minimum Gasteiger partial charge on any atom is -0.480 e. The molecule has 2 aromatic carbocycles. The van der Waals surface area contributed by atoms with Crippen molar-refractivity contribution in [2.24, 2.45) is 0 Å². The molecule has 14 heteroatoms. The summed E-state index contributed by atoms with van der Waals surface area (Å²) in [6.45, 7) is 9.22. The number of aliphatic carboxylic acids is 1. The molecule has 4 atom stereocenters. The fourth-order valence-corrected chi connectivity index (χ4v) is 5.87. The van der Waals surface area contributed by atoms with Gasteiger partial charge >= 0.3 is 12.1 Å². The molecule has 0 spiro atoms. The number of aryl methyl sites for hydroxylation is 1. The van der Waals surface area contributed by atoms with Crippen molar-refractivity contribution in [1.29, 1.82) is 0 Å². The van der Waals surface area contributed by atoms with Gasteiger partial charge in [-0.1, -0.05) is 62.6 Å². The molecular formula is C41H59N5O9. The van der Waals surface area contributed by atoms with Crippen molar-refractivity contribution in [3.63, 3.8) is 0 Å². The lowest BCUT2D eigenvalue weighted by molar-refractivity contribution is -0.142. The van der Waals surface area contributed by atoms with Gasteiger partial charge in [0.15, 0.2) is 0 Å². The van der Waals surface area contributed by atoms with E-state index in [2.05, 4.69) is 57.8 Å². The van der Waals surface area contributed by atoms with Crippen LogP contribution in [-0.4, -0.2) is 90.3 Å². The Kier molecular flexibility index (Phi) is 18.1. The third-order valence-corrected chi connectivity index (χ3v) is 9.03. The van der Waals surface area contributed by atoms with Crippen LogP contribution < -0.4 is 26.6 Å². The first-order valence-electron chi connectivity index (χ1n) is 19.4. The van der Waals surface area contributed by atoms with E-state index in [4.69, 9.17) is 9.47 Å². The van der Waals surface area contributed by atoms with Crippen molar-refractivity contribution in [3.8, 4) is 11.1 Å². The highest BCUT2D eigenvalue weighted by Crippen LogP contribution is 2.21. The van der Waals surface area contributed by atoms with Crippen molar-refractivity contribution in [1.82, 2.24) is 26.6 Å². The van der Waals surface area contributed by atoms with Gasteiger partial charge in [-0.2, -0.15) is 0 Å². The lowest BCUT2D eigenvalue weighted by Crippen LogP contribution is -2.58. The topological polar surface area (TPSA) is 201 Å². The smallest absolute Gasteiger partial charge is 0.407 e. The van der Waals surface area contributed by atoms with E-state index in [0.29, 0.717) is 37.7 Å². The molecule has 0 radical (unpaired) electrons. The summed E-state index contributed by atoms with van der Waals surface area (Å²) in [4.78, 5) is 77.3. The second-order valence-electron chi connectivity index (χ2n) is 14.9. The zero-order chi connectivity index (χ0) is 40.4. The molecule has 302 valence electrons. The second-order valence-corrected chi connectivity index (χ2v) is 14.9. The summed E-state index contributed by atoms with van der Waals surface area (Å²) in [7, 11) is 0. The van der Waals surface area contributed by atoms with Gasteiger partial charge in [0.25, 0.3) is 5.91 Å². The van der Waals surface area contributed by atoms with Crippen LogP contribution >= 0.6 is 0 Å². The number of carboxylic acid groups (broad SMARTS) is 1. The van der Waals surface area contributed by atoms with E-state index in [1.165, 1.54) is 12.5 Å². The third-order valence-electron chi connectivity index (χ3n) is 9.03. The first kappa shape index (κ1) is 44.4. The molecule has 1 heterocycles. The van der Waals surface area contributed by atoms with Gasteiger partial charge in [-0.15, -0.1) is 0 Å². The number of hydrogen-bond acceptors (Lipinski definition) is 8. The summed E-state index contributed by atoms with van der Waals surface area (Å²) in [5.41, 5.74) is 2.91. The summed E-state index contributed by atoms with van der Waals surface area (Å²) in [6.07, 6.45) is 5.80.